The molecule has 1 aromatic carbocycles. The fourth-order valence-electron chi connectivity index (χ4n) is 2.82. The molecular weight excluding hydrogens is 456 g/mol. The number of hydrogen-bond acceptors (Lipinski definition) is 5. The second-order valence-corrected chi connectivity index (χ2v) is 8.38. The van der Waals surface area contributed by atoms with Crippen LogP contribution in [-0.4, -0.2) is 28.9 Å². The van der Waals surface area contributed by atoms with E-state index in [1.54, 1.807) is 26.1 Å². The third-order valence-corrected chi connectivity index (χ3v) is 5.54. The Morgan fingerprint density at radius 3 is 2.38 bits per heavy atom. The smallest absolute Gasteiger partial charge is 0.542 e. The molecule has 164 valence electrons. The van der Waals surface area contributed by atoms with Gasteiger partial charge in [-0.2, -0.15) is 13.2 Å². The average molecular weight is 474 g/mol. The zero-order valence-corrected chi connectivity index (χ0v) is 20.4. The molecule has 0 aliphatic heterocycles. The van der Waals surface area contributed by atoms with Crippen molar-refractivity contribution in [3.05, 3.63) is 64.9 Å². The van der Waals surface area contributed by atoms with Gasteiger partial charge in [0.15, 0.2) is 5.69 Å². The van der Waals surface area contributed by atoms with E-state index in [0.717, 1.165) is 11.8 Å². The molecule has 7 nitrogen and oxygen atoms in total. The van der Waals surface area contributed by atoms with Gasteiger partial charge < -0.3 is 9.52 Å². The molecule has 0 saturated heterocycles. The standard InChI is InChI=1S/C20H19F3N4O3S.Na/c1-3-4-18(28)26-31(29,30)16-7-5-15(6-8-16)27-12-17(20(21,22)23)25-19(27)14-9-13(2)10-24-11-14;/h5-12H,3-4H2,1-2H3,(H,26,28);/q;+1/p-1. The Labute approximate surface area is 205 Å². The van der Waals surface area contributed by atoms with Gasteiger partial charge in [0.1, 0.15) is 15.8 Å². The molecule has 0 radical (unpaired) electrons. The molecule has 0 aliphatic rings. The van der Waals surface area contributed by atoms with Gasteiger partial charge in [-0.05, 0) is 49.2 Å². The van der Waals surface area contributed by atoms with Gasteiger partial charge in [0, 0.05) is 29.8 Å². The summed E-state index contributed by atoms with van der Waals surface area (Å²) >= 11 is 0. The average Bonchev–Trinajstić information content (AvgIpc) is 3.14. The van der Waals surface area contributed by atoms with E-state index < -0.39 is 27.8 Å². The summed E-state index contributed by atoms with van der Waals surface area (Å²) in [6.45, 7) is 3.47. The number of halogens is 3. The van der Waals surface area contributed by atoms with Crippen molar-refractivity contribution in [1.29, 1.82) is 0 Å². The molecule has 1 amide bonds. The van der Waals surface area contributed by atoms with Crippen LogP contribution in [0.2, 0.25) is 0 Å². The number of imidazole rings is 1. The summed E-state index contributed by atoms with van der Waals surface area (Å²) in [6, 6.07) is 6.64. The molecule has 0 aliphatic carbocycles. The van der Waals surface area contributed by atoms with Crippen LogP contribution in [0.3, 0.4) is 0 Å². The van der Waals surface area contributed by atoms with Crippen molar-refractivity contribution in [2.24, 2.45) is 0 Å². The SMILES string of the molecule is CCCC(=O)[N-]S(=O)(=O)c1ccc(-n2cc(C(F)(F)F)nc2-c2cncc(C)c2)cc1.[Na+]. The fraction of sp³-hybridized carbons (Fsp3) is 0.250. The monoisotopic (exact) mass is 474 g/mol. The van der Waals surface area contributed by atoms with Crippen LogP contribution in [0, 0.1) is 6.92 Å². The Balaban J connectivity index is 0.00000363. The van der Waals surface area contributed by atoms with Crippen molar-refractivity contribution in [3.8, 4) is 17.1 Å². The Morgan fingerprint density at radius 2 is 1.81 bits per heavy atom. The molecule has 0 N–H and O–H groups in total. The number of pyridine rings is 1. The van der Waals surface area contributed by atoms with Crippen LogP contribution in [0.25, 0.3) is 21.8 Å². The van der Waals surface area contributed by atoms with E-state index in [-0.39, 0.29) is 52.4 Å². The van der Waals surface area contributed by atoms with Gasteiger partial charge >= 0.3 is 35.7 Å². The van der Waals surface area contributed by atoms with Gasteiger partial charge in [-0.25, -0.2) is 13.4 Å². The number of benzene rings is 1. The number of amides is 1. The Morgan fingerprint density at radius 1 is 1.16 bits per heavy atom. The molecule has 12 heteroatoms. The second-order valence-electron chi connectivity index (χ2n) is 6.77. The maximum absolute atomic E-state index is 13.3. The van der Waals surface area contributed by atoms with Gasteiger partial charge in [-0.15, -0.1) is 0 Å². The summed E-state index contributed by atoms with van der Waals surface area (Å²) in [5, 5.41) is 0. The minimum Gasteiger partial charge on any atom is -0.542 e. The number of carbonyl (C=O) groups excluding carboxylic acids is 1. The van der Waals surface area contributed by atoms with Crippen LogP contribution in [-0.2, 0) is 21.0 Å². The van der Waals surface area contributed by atoms with Gasteiger partial charge in [0.25, 0.3) is 0 Å². The van der Waals surface area contributed by atoms with Crippen LogP contribution < -0.4 is 29.6 Å². The first-order valence-electron chi connectivity index (χ1n) is 9.21. The summed E-state index contributed by atoms with van der Waals surface area (Å²) in [7, 11) is -4.21. The Kier molecular flexibility index (Phi) is 8.27. The van der Waals surface area contributed by atoms with Crippen LogP contribution in [0.4, 0.5) is 13.2 Å². The molecule has 3 aromatic rings. The molecule has 0 unspecified atom stereocenters. The van der Waals surface area contributed by atoms with Crippen molar-refractivity contribution in [3.63, 3.8) is 0 Å². The fourth-order valence-corrected chi connectivity index (χ4v) is 3.76. The maximum Gasteiger partial charge on any atom is 1.00 e. The summed E-state index contributed by atoms with van der Waals surface area (Å²) < 4.78 is 68.8. The first kappa shape index (κ1) is 26.0. The van der Waals surface area contributed by atoms with Crippen molar-refractivity contribution >= 4 is 15.9 Å². The van der Waals surface area contributed by atoms with Gasteiger partial charge in [0.2, 0.25) is 0 Å². The van der Waals surface area contributed by atoms with Crippen LogP contribution in [0.1, 0.15) is 31.0 Å². The number of aryl methyl sites for hydroxylation is 1. The normalized spacial score (nSPS) is 11.7. The third kappa shape index (κ3) is 5.97. The predicted octanol–water partition coefficient (Wildman–Crippen LogP) is 1.65. The summed E-state index contributed by atoms with van der Waals surface area (Å²) in [4.78, 5) is 19.0. The quantitative estimate of drug-likeness (QED) is 0.507. The summed E-state index contributed by atoms with van der Waals surface area (Å²) in [5.74, 6) is -0.757. The molecule has 3 rings (SSSR count). The molecule has 0 fully saturated rings. The first-order chi connectivity index (χ1) is 14.5. The number of aromatic nitrogens is 3. The van der Waals surface area contributed by atoms with Crippen molar-refractivity contribution in [2.45, 2.75) is 37.8 Å². The van der Waals surface area contributed by atoms with E-state index in [4.69, 9.17) is 0 Å². The number of rotatable bonds is 6. The van der Waals surface area contributed by atoms with Crippen molar-refractivity contribution in [1.82, 2.24) is 14.5 Å². The largest absolute Gasteiger partial charge is 1.00 e. The molecule has 0 atom stereocenters. The van der Waals surface area contributed by atoms with E-state index in [2.05, 4.69) is 14.7 Å². The molecule has 0 saturated carbocycles. The molecular formula is C20H18F3N4NaO3S. The van der Waals surface area contributed by atoms with Gasteiger partial charge in [-0.1, -0.05) is 13.3 Å². The summed E-state index contributed by atoms with van der Waals surface area (Å²) in [5.41, 5.74) is 0.256. The Bertz CT molecular complexity index is 1210. The molecule has 2 heterocycles. The van der Waals surface area contributed by atoms with Crippen LogP contribution in [0.5, 0.6) is 0 Å². The molecule has 0 spiro atoms. The molecule has 2 aromatic heterocycles. The van der Waals surface area contributed by atoms with E-state index in [1.807, 2.05) is 0 Å². The first-order valence-corrected chi connectivity index (χ1v) is 10.6. The van der Waals surface area contributed by atoms with Crippen molar-refractivity contribution < 1.29 is 55.9 Å². The van der Waals surface area contributed by atoms with Crippen LogP contribution in [0.15, 0.2) is 53.8 Å². The maximum atomic E-state index is 13.3. The van der Waals surface area contributed by atoms with E-state index in [9.17, 15) is 26.4 Å². The predicted molar refractivity (Wildman–Crippen MR) is 107 cm³/mol. The number of sulfonamides is 1. The van der Waals surface area contributed by atoms with Gasteiger partial charge in [0.05, 0.1) is 10.8 Å². The molecule has 0 bridgehead atoms. The third-order valence-electron chi connectivity index (χ3n) is 4.23. The van der Waals surface area contributed by atoms with E-state index in [1.165, 1.54) is 35.0 Å². The minimum absolute atomic E-state index is 0. The zero-order valence-electron chi connectivity index (χ0n) is 17.6. The number of alkyl halides is 3. The number of carbonyl (C=O) groups is 1. The molecule has 32 heavy (non-hydrogen) atoms. The van der Waals surface area contributed by atoms with Crippen LogP contribution >= 0.6 is 0 Å². The minimum atomic E-state index is -4.67. The number of nitrogens with zero attached hydrogens (tertiary/aromatic N) is 4. The zero-order chi connectivity index (χ0) is 22.8. The van der Waals surface area contributed by atoms with Crippen molar-refractivity contribution in [2.75, 3.05) is 0 Å². The topological polar surface area (TPSA) is 96.0 Å². The second kappa shape index (κ2) is 10.2. The van der Waals surface area contributed by atoms with E-state index >= 15 is 0 Å². The Hall–Kier alpha value is -2.21. The van der Waals surface area contributed by atoms with E-state index in [0.29, 0.717) is 12.0 Å². The van der Waals surface area contributed by atoms with Gasteiger partial charge in [-0.3, -0.25) is 9.55 Å². The summed E-state index contributed by atoms with van der Waals surface area (Å²) in [6.07, 6.45) is -0.432. The number of hydrogen-bond donors (Lipinski definition) is 0.